The monoisotopic (exact) mass is 417 g/mol. The molecule has 0 saturated heterocycles. The minimum absolute atomic E-state index is 0.216. The maximum atomic E-state index is 12.0. The molecule has 0 atom stereocenters. The first kappa shape index (κ1) is 19.9. The van der Waals surface area contributed by atoms with Crippen molar-refractivity contribution in [3.8, 4) is 17.0 Å². The van der Waals surface area contributed by atoms with Gasteiger partial charge in [-0.1, -0.05) is 53.5 Å². The van der Waals surface area contributed by atoms with E-state index in [0.717, 1.165) is 5.56 Å². The van der Waals surface area contributed by atoms with Gasteiger partial charge in [0.1, 0.15) is 5.75 Å². The van der Waals surface area contributed by atoms with E-state index in [9.17, 15) is 9.59 Å². The third kappa shape index (κ3) is 5.34. The van der Waals surface area contributed by atoms with Crippen LogP contribution in [0.15, 0.2) is 65.5 Å². The van der Waals surface area contributed by atoms with Crippen LogP contribution in [0.2, 0.25) is 10.0 Å². The van der Waals surface area contributed by atoms with Gasteiger partial charge in [0.2, 0.25) is 0 Å². The Labute approximate surface area is 171 Å². The van der Waals surface area contributed by atoms with Gasteiger partial charge in [0, 0.05) is 29.3 Å². The number of carbonyl (C=O) groups excluding carboxylic acids is 1. The molecule has 0 bridgehead atoms. The molecule has 144 valence electrons. The molecule has 0 unspecified atom stereocenters. The van der Waals surface area contributed by atoms with E-state index in [4.69, 9.17) is 27.9 Å². The van der Waals surface area contributed by atoms with Crippen LogP contribution in [0.1, 0.15) is 0 Å². The largest absolute Gasteiger partial charge is 0.482 e. The Morgan fingerprint density at radius 3 is 2.64 bits per heavy atom. The van der Waals surface area contributed by atoms with Gasteiger partial charge in [0.15, 0.2) is 6.61 Å². The third-order valence-corrected chi connectivity index (χ3v) is 4.38. The lowest BCUT2D eigenvalue weighted by molar-refractivity contribution is -0.123. The quantitative estimate of drug-likeness (QED) is 0.638. The fourth-order valence-corrected chi connectivity index (χ4v) is 2.79. The molecule has 1 amide bonds. The van der Waals surface area contributed by atoms with E-state index in [1.54, 1.807) is 18.2 Å². The summed E-state index contributed by atoms with van der Waals surface area (Å²) in [6.45, 7) is 0.256. The van der Waals surface area contributed by atoms with Crippen LogP contribution < -0.4 is 15.6 Å². The van der Waals surface area contributed by atoms with E-state index in [-0.39, 0.29) is 31.2 Å². The molecule has 0 aliphatic rings. The Hall–Kier alpha value is -2.83. The number of nitrogens with zero attached hydrogens (tertiary/aromatic N) is 2. The molecule has 6 nitrogen and oxygen atoms in total. The smallest absolute Gasteiger partial charge is 0.266 e. The third-order valence-electron chi connectivity index (χ3n) is 3.83. The highest BCUT2D eigenvalue weighted by Crippen LogP contribution is 2.27. The molecule has 0 spiro atoms. The van der Waals surface area contributed by atoms with Crippen LogP contribution in [-0.4, -0.2) is 28.8 Å². The zero-order valence-corrected chi connectivity index (χ0v) is 16.3. The topological polar surface area (TPSA) is 73.2 Å². The zero-order valence-electron chi connectivity index (χ0n) is 14.8. The molecule has 1 N–H and O–H groups in total. The van der Waals surface area contributed by atoms with Gasteiger partial charge < -0.3 is 10.1 Å². The van der Waals surface area contributed by atoms with Gasteiger partial charge in [-0.05, 0) is 18.2 Å². The summed E-state index contributed by atoms with van der Waals surface area (Å²) in [5, 5.41) is 7.85. The lowest BCUT2D eigenvalue weighted by Crippen LogP contribution is -2.34. The van der Waals surface area contributed by atoms with Gasteiger partial charge in [-0.25, -0.2) is 4.68 Å². The Balaban J connectivity index is 1.54. The molecular formula is C20H17Cl2N3O3. The van der Waals surface area contributed by atoms with Crippen molar-refractivity contribution in [2.24, 2.45) is 0 Å². The van der Waals surface area contributed by atoms with Crippen molar-refractivity contribution in [2.75, 3.05) is 13.2 Å². The van der Waals surface area contributed by atoms with Crippen LogP contribution in [-0.2, 0) is 11.3 Å². The molecule has 3 rings (SSSR count). The minimum Gasteiger partial charge on any atom is -0.482 e. The molecule has 1 heterocycles. The fourth-order valence-electron chi connectivity index (χ4n) is 2.46. The molecule has 0 saturated carbocycles. The molecule has 2 aromatic carbocycles. The number of benzene rings is 2. The molecular weight excluding hydrogens is 401 g/mol. The van der Waals surface area contributed by atoms with Crippen molar-refractivity contribution in [3.63, 3.8) is 0 Å². The number of hydrogen-bond acceptors (Lipinski definition) is 4. The molecule has 3 aromatic rings. The maximum absolute atomic E-state index is 12.0. The summed E-state index contributed by atoms with van der Waals surface area (Å²) in [5.41, 5.74) is 1.36. The molecule has 28 heavy (non-hydrogen) atoms. The SMILES string of the molecule is O=C(COc1cc(Cl)ccc1Cl)NCCn1nc(-c2ccccc2)ccc1=O. The Bertz CT molecular complexity index is 1020. The number of aromatic nitrogens is 2. The van der Waals surface area contributed by atoms with E-state index in [1.165, 1.54) is 16.8 Å². The Morgan fingerprint density at radius 1 is 1.07 bits per heavy atom. The molecule has 1 aromatic heterocycles. The predicted molar refractivity (Wildman–Crippen MR) is 109 cm³/mol. The van der Waals surface area contributed by atoms with E-state index in [1.807, 2.05) is 30.3 Å². The van der Waals surface area contributed by atoms with E-state index >= 15 is 0 Å². The van der Waals surface area contributed by atoms with Crippen molar-refractivity contribution < 1.29 is 9.53 Å². The van der Waals surface area contributed by atoms with Crippen molar-refractivity contribution >= 4 is 29.1 Å². The number of carbonyl (C=O) groups is 1. The van der Waals surface area contributed by atoms with Gasteiger partial charge in [-0.2, -0.15) is 5.10 Å². The summed E-state index contributed by atoms with van der Waals surface area (Å²) in [4.78, 5) is 24.0. The van der Waals surface area contributed by atoms with Gasteiger partial charge in [0.05, 0.1) is 17.3 Å². The summed E-state index contributed by atoms with van der Waals surface area (Å²) >= 11 is 11.9. The van der Waals surface area contributed by atoms with E-state index < -0.39 is 0 Å². The lowest BCUT2D eigenvalue weighted by Gasteiger charge is -2.10. The lowest BCUT2D eigenvalue weighted by atomic mass is 10.1. The number of ether oxygens (including phenoxy) is 1. The summed E-state index contributed by atoms with van der Waals surface area (Å²) in [5.74, 6) is -0.0129. The first-order chi connectivity index (χ1) is 13.5. The van der Waals surface area contributed by atoms with Gasteiger partial charge in [-0.15, -0.1) is 0 Å². The maximum Gasteiger partial charge on any atom is 0.266 e. The van der Waals surface area contributed by atoms with Crippen LogP contribution in [0, 0.1) is 0 Å². The number of amides is 1. The standard InChI is InChI=1S/C20H17Cl2N3O3/c21-15-6-7-16(22)18(12-15)28-13-19(26)23-10-11-25-20(27)9-8-17(24-25)14-4-2-1-3-5-14/h1-9,12H,10-11,13H2,(H,23,26). The first-order valence-electron chi connectivity index (χ1n) is 8.51. The van der Waals surface area contributed by atoms with Gasteiger partial charge in [0.25, 0.3) is 11.5 Å². The second-order valence-electron chi connectivity index (χ2n) is 5.86. The zero-order chi connectivity index (χ0) is 19.9. The van der Waals surface area contributed by atoms with Crippen LogP contribution >= 0.6 is 23.2 Å². The van der Waals surface area contributed by atoms with Crippen molar-refractivity contribution in [1.82, 2.24) is 15.1 Å². The van der Waals surface area contributed by atoms with E-state index in [0.29, 0.717) is 21.5 Å². The second-order valence-corrected chi connectivity index (χ2v) is 6.70. The van der Waals surface area contributed by atoms with E-state index in [2.05, 4.69) is 10.4 Å². The summed E-state index contributed by atoms with van der Waals surface area (Å²) in [6.07, 6.45) is 0. The Morgan fingerprint density at radius 2 is 1.86 bits per heavy atom. The van der Waals surface area contributed by atoms with Crippen molar-refractivity contribution in [2.45, 2.75) is 6.54 Å². The molecule has 8 heteroatoms. The highest BCUT2D eigenvalue weighted by molar-refractivity contribution is 6.34. The molecule has 0 fully saturated rings. The molecule has 0 aliphatic heterocycles. The number of hydrogen-bond donors (Lipinski definition) is 1. The first-order valence-corrected chi connectivity index (χ1v) is 9.26. The fraction of sp³-hybridized carbons (Fsp3) is 0.150. The number of rotatable bonds is 7. The highest BCUT2D eigenvalue weighted by Gasteiger charge is 2.08. The van der Waals surface area contributed by atoms with Crippen LogP contribution in [0.5, 0.6) is 5.75 Å². The number of nitrogens with one attached hydrogen (secondary N) is 1. The minimum atomic E-state index is -0.344. The summed E-state index contributed by atoms with van der Waals surface area (Å²) in [7, 11) is 0. The number of halogens is 2. The van der Waals surface area contributed by atoms with Gasteiger partial charge in [-0.3, -0.25) is 9.59 Å². The Kier molecular flexibility index (Phi) is 6.68. The summed E-state index contributed by atoms with van der Waals surface area (Å²) < 4.78 is 6.69. The van der Waals surface area contributed by atoms with Gasteiger partial charge >= 0.3 is 0 Å². The summed E-state index contributed by atoms with van der Waals surface area (Å²) in [6, 6.07) is 17.4. The van der Waals surface area contributed by atoms with Crippen molar-refractivity contribution in [1.29, 1.82) is 0 Å². The molecule has 0 radical (unpaired) electrons. The average molecular weight is 418 g/mol. The predicted octanol–water partition coefficient (Wildman–Crippen LogP) is 3.41. The molecule has 0 aliphatic carbocycles. The average Bonchev–Trinajstić information content (AvgIpc) is 2.70. The van der Waals surface area contributed by atoms with Crippen molar-refractivity contribution in [3.05, 3.63) is 81.1 Å². The van der Waals surface area contributed by atoms with Crippen LogP contribution in [0.25, 0.3) is 11.3 Å². The van der Waals surface area contributed by atoms with Crippen LogP contribution in [0.3, 0.4) is 0 Å². The normalized spacial score (nSPS) is 10.5. The second kappa shape index (κ2) is 9.39. The highest BCUT2D eigenvalue weighted by atomic mass is 35.5. The van der Waals surface area contributed by atoms with Crippen LogP contribution in [0.4, 0.5) is 0 Å².